The van der Waals surface area contributed by atoms with Crippen molar-refractivity contribution in [1.82, 2.24) is 10.7 Å². The minimum Gasteiger partial charge on any atom is -0.493 e. The third-order valence-electron chi connectivity index (χ3n) is 4.10. The number of benzene rings is 3. The van der Waals surface area contributed by atoms with Gasteiger partial charge >= 0.3 is 0 Å². The van der Waals surface area contributed by atoms with Crippen molar-refractivity contribution in [2.24, 2.45) is 5.10 Å². The largest absolute Gasteiger partial charge is 0.493 e. The molecule has 0 saturated heterocycles. The molecule has 0 heterocycles. The summed E-state index contributed by atoms with van der Waals surface area (Å²) in [6, 6.07) is 25.7. The molecule has 3 aromatic rings. The summed E-state index contributed by atoms with van der Waals surface area (Å²) in [6.07, 6.45) is 1.68. The van der Waals surface area contributed by atoms with Crippen LogP contribution < -0.4 is 20.2 Å². The molecule has 0 aliphatic rings. The van der Waals surface area contributed by atoms with Crippen LogP contribution in [0.15, 0.2) is 84.0 Å². The van der Waals surface area contributed by atoms with E-state index >= 15 is 0 Å². The van der Waals surface area contributed by atoms with E-state index in [-0.39, 0.29) is 0 Å². The van der Waals surface area contributed by atoms with Gasteiger partial charge in [-0.1, -0.05) is 60.7 Å². The van der Waals surface area contributed by atoms with Crippen molar-refractivity contribution in [3.05, 3.63) is 95.6 Å². The minimum absolute atomic E-state index is 0.458. The summed E-state index contributed by atoms with van der Waals surface area (Å²) >= 11 is 5.24. The predicted molar refractivity (Wildman–Crippen MR) is 120 cm³/mol. The summed E-state index contributed by atoms with van der Waals surface area (Å²) in [5, 5.41) is 7.75. The van der Waals surface area contributed by atoms with Crippen LogP contribution in [0.1, 0.15) is 16.7 Å². The first kappa shape index (κ1) is 20.4. The first-order valence-corrected chi connectivity index (χ1v) is 9.61. The van der Waals surface area contributed by atoms with E-state index in [1.54, 1.807) is 13.3 Å². The van der Waals surface area contributed by atoms with Crippen LogP contribution in [0.25, 0.3) is 0 Å². The quantitative estimate of drug-likeness (QED) is 0.333. The Kier molecular flexibility index (Phi) is 7.60. The van der Waals surface area contributed by atoms with Gasteiger partial charge in [0.05, 0.1) is 13.3 Å². The van der Waals surface area contributed by atoms with Gasteiger partial charge in [0.15, 0.2) is 16.6 Å². The zero-order valence-electron chi connectivity index (χ0n) is 16.2. The van der Waals surface area contributed by atoms with E-state index in [2.05, 4.69) is 15.8 Å². The molecule has 29 heavy (non-hydrogen) atoms. The Bertz CT molecular complexity index is 947. The fraction of sp³-hybridized carbons (Fsp3) is 0.130. The van der Waals surface area contributed by atoms with Crippen molar-refractivity contribution in [3.8, 4) is 11.5 Å². The molecule has 0 aliphatic carbocycles. The van der Waals surface area contributed by atoms with Crippen molar-refractivity contribution in [3.63, 3.8) is 0 Å². The van der Waals surface area contributed by atoms with Crippen molar-refractivity contribution in [2.75, 3.05) is 7.11 Å². The van der Waals surface area contributed by atoms with Crippen LogP contribution in [0.4, 0.5) is 0 Å². The monoisotopic (exact) mass is 405 g/mol. The molecule has 0 radical (unpaired) electrons. The number of rotatable bonds is 8. The number of nitrogens with one attached hydrogen (secondary N) is 2. The van der Waals surface area contributed by atoms with Gasteiger partial charge in [0.2, 0.25) is 0 Å². The Hall–Kier alpha value is -3.38. The van der Waals surface area contributed by atoms with Crippen LogP contribution in [0.2, 0.25) is 0 Å². The van der Waals surface area contributed by atoms with Gasteiger partial charge in [-0.25, -0.2) is 0 Å². The Morgan fingerprint density at radius 2 is 1.62 bits per heavy atom. The first-order chi connectivity index (χ1) is 14.2. The number of thiocarbonyl (C=S) groups is 1. The van der Waals surface area contributed by atoms with E-state index in [9.17, 15) is 0 Å². The molecule has 0 unspecified atom stereocenters. The molecule has 5 nitrogen and oxygen atoms in total. The Morgan fingerprint density at radius 1 is 0.931 bits per heavy atom. The number of ether oxygens (including phenoxy) is 2. The maximum atomic E-state index is 5.87. The van der Waals surface area contributed by atoms with Crippen LogP contribution >= 0.6 is 12.2 Å². The van der Waals surface area contributed by atoms with Gasteiger partial charge in [-0.2, -0.15) is 5.10 Å². The smallest absolute Gasteiger partial charge is 0.187 e. The summed E-state index contributed by atoms with van der Waals surface area (Å²) in [4.78, 5) is 0. The highest BCUT2D eigenvalue weighted by Gasteiger charge is 2.05. The number of methoxy groups -OCH3 is 1. The lowest BCUT2D eigenvalue weighted by Gasteiger charge is -2.11. The summed E-state index contributed by atoms with van der Waals surface area (Å²) < 4.78 is 11.3. The zero-order valence-corrected chi connectivity index (χ0v) is 17.0. The van der Waals surface area contributed by atoms with Crippen LogP contribution in [-0.4, -0.2) is 18.4 Å². The van der Waals surface area contributed by atoms with E-state index in [4.69, 9.17) is 21.7 Å². The van der Waals surface area contributed by atoms with E-state index in [0.717, 1.165) is 16.7 Å². The predicted octanol–water partition coefficient (Wildman–Crippen LogP) is 4.27. The fourth-order valence-corrected chi connectivity index (χ4v) is 2.73. The molecule has 3 rings (SSSR count). The molecule has 3 aromatic carbocycles. The third kappa shape index (κ3) is 6.62. The molecular formula is C23H23N3O2S. The molecule has 0 atom stereocenters. The SMILES string of the molecule is COc1cc(/C=N/NC(=S)NCc2ccccc2)ccc1OCc1ccccc1. The van der Waals surface area contributed by atoms with E-state index in [0.29, 0.717) is 29.8 Å². The van der Waals surface area contributed by atoms with Gasteiger partial charge in [-0.15, -0.1) is 0 Å². The average Bonchev–Trinajstić information content (AvgIpc) is 2.78. The minimum atomic E-state index is 0.458. The lowest BCUT2D eigenvalue weighted by Crippen LogP contribution is -2.31. The molecule has 0 amide bonds. The second-order valence-corrected chi connectivity index (χ2v) is 6.63. The van der Waals surface area contributed by atoms with E-state index < -0.39 is 0 Å². The summed E-state index contributed by atoms with van der Waals surface area (Å²) in [5.74, 6) is 1.33. The van der Waals surface area contributed by atoms with Crippen LogP contribution in [0.5, 0.6) is 11.5 Å². The van der Waals surface area contributed by atoms with Crippen LogP contribution in [0.3, 0.4) is 0 Å². The van der Waals surface area contributed by atoms with Crippen LogP contribution in [-0.2, 0) is 13.2 Å². The van der Waals surface area contributed by atoms with Crippen molar-refractivity contribution in [2.45, 2.75) is 13.2 Å². The van der Waals surface area contributed by atoms with E-state index in [1.807, 2.05) is 78.9 Å². The van der Waals surface area contributed by atoms with Crippen molar-refractivity contribution in [1.29, 1.82) is 0 Å². The van der Waals surface area contributed by atoms with Gasteiger partial charge in [-0.05, 0) is 47.1 Å². The maximum Gasteiger partial charge on any atom is 0.187 e. The summed E-state index contributed by atoms with van der Waals surface area (Å²) in [7, 11) is 1.62. The maximum absolute atomic E-state index is 5.87. The summed E-state index contributed by atoms with van der Waals surface area (Å²) in [6.45, 7) is 1.12. The lowest BCUT2D eigenvalue weighted by molar-refractivity contribution is 0.284. The van der Waals surface area contributed by atoms with Gasteiger partial charge in [0.1, 0.15) is 6.61 Å². The van der Waals surface area contributed by atoms with Gasteiger partial charge in [0.25, 0.3) is 0 Å². The highest BCUT2D eigenvalue weighted by Crippen LogP contribution is 2.28. The molecule has 0 bridgehead atoms. The van der Waals surface area contributed by atoms with Gasteiger partial charge in [-0.3, -0.25) is 5.43 Å². The average molecular weight is 406 g/mol. The molecule has 0 fully saturated rings. The van der Waals surface area contributed by atoms with Crippen LogP contribution in [0, 0.1) is 0 Å². The molecule has 0 saturated carbocycles. The number of nitrogens with zero attached hydrogens (tertiary/aromatic N) is 1. The topological polar surface area (TPSA) is 54.9 Å². The molecule has 0 aromatic heterocycles. The highest BCUT2D eigenvalue weighted by molar-refractivity contribution is 7.80. The second kappa shape index (κ2) is 10.8. The molecule has 0 spiro atoms. The second-order valence-electron chi connectivity index (χ2n) is 6.22. The number of hydrogen-bond acceptors (Lipinski definition) is 4. The molecule has 0 aliphatic heterocycles. The normalized spacial score (nSPS) is 10.5. The summed E-state index contributed by atoms with van der Waals surface area (Å²) in [5.41, 5.74) is 5.93. The molecular weight excluding hydrogens is 382 g/mol. The van der Waals surface area contributed by atoms with E-state index in [1.165, 1.54) is 0 Å². The molecule has 148 valence electrons. The Labute approximate surface area is 176 Å². The standard InChI is InChI=1S/C23H23N3O2S/c1-27-22-14-20(12-13-21(22)28-17-19-10-6-3-7-11-19)16-25-26-23(29)24-15-18-8-4-2-5-9-18/h2-14,16H,15,17H2,1H3,(H2,24,26,29)/b25-16+. The first-order valence-electron chi connectivity index (χ1n) is 9.20. The van der Waals surface area contributed by atoms with Crippen molar-refractivity contribution >= 4 is 23.5 Å². The zero-order chi connectivity index (χ0) is 20.3. The van der Waals surface area contributed by atoms with Gasteiger partial charge in [0, 0.05) is 6.54 Å². The Morgan fingerprint density at radius 3 is 2.31 bits per heavy atom. The molecule has 6 heteroatoms. The highest BCUT2D eigenvalue weighted by atomic mass is 32.1. The number of hydrogen-bond donors (Lipinski definition) is 2. The van der Waals surface area contributed by atoms with Crippen molar-refractivity contribution < 1.29 is 9.47 Å². The van der Waals surface area contributed by atoms with Gasteiger partial charge < -0.3 is 14.8 Å². The third-order valence-corrected chi connectivity index (χ3v) is 4.34. The fourth-order valence-electron chi connectivity index (χ4n) is 2.60. The lowest BCUT2D eigenvalue weighted by atomic mass is 10.2. The number of hydrazone groups is 1. The Balaban J connectivity index is 1.51. The molecule has 2 N–H and O–H groups in total.